The van der Waals surface area contributed by atoms with Crippen molar-refractivity contribution in [3.63, 3.8) is 0 Å². The van der Waals surface area contributed by atoms with Gasteiger partial charge in [0.15, 0.2) is 11.5 Å². The highest BCUT2D eigenvalue weighted by atomic mass is 16.5. The van der Waals surface area contributed by atoms with E-state index < -0.39 is 0 Å². The molecule has 0 fully saturated rings. The fourth-order valence-electron chi connectivity index (χ4n) is 3.38. The molecule has 8 heteroatoms. The van der Waals surface area contributed by atoms with Crippen molar-refractivity contribution in [3.05, 3.63) is 59.1 Å². The molecule has 2 aromatic heterocycles. The van der Waals surface area contributed by atoms with Crippen LogP contribution in [0.4, 0.5) is 0 Å². The van der Waals surface area contributed by atoms with Crippen LogP contribution in [-0.2, 0) is 0 Å². The lowest BCUT2D eigenvalue weighted by Crippen LogP contribution is -2.15. The lowest BCUT2D eigenvalue weighted by Gasteiger charge is -2.14. The number of fused-ring (bicyclic) bond motifs is 1. The van der Waals surface area contributed by atoms with Crippen LogP contribution in [0.15, 0.2) is 53.5 Å². The Hall–Kier alpha value is -3.94. The standard InChI is InChI=1S/C22H21N3O5/c1-27-15-7-5-13(6-8-15)16-11-18-17(12-23-16)24-22(26)25(18)14-9-19(28-2)21(30-4)20(10-14)29-3/h5-12H,1-4H3,(H,24,26). The first-order chi connectivity index (χ1) is 14.6. The highest BCUT2D eigenvalue weighted by Crippen LogP contribution is 2.39. The predicted octanol–water partition coefficient (Wildman–Crippen LogP) is 3.42. The van der Waals surface area contributed by atoms with Gasteiger partial charge in [-0.2, -0.15) is 0 Å². The van der Waals surface area contributed by atoms with Crippen molar-refractivity contribution in [2.45, 2.75) is 0 Å². The van der Waals surface area contributed by atoms with Crippen LogP contribution in [0.25, 0.3) is 28.0 Å². The summed E-state index contributed by atoms with van der Waals surface area (Å²) in [5.41, 5.74) is 3.20. The average molecular weight is 407 g/mol. The van der Waals surface area contributed by atoms with Crippen LogP contribution in [0.5, 0.6) is 23.0 Å². The van der Waals surface area contributed by atoms with E-state index in [4.69, 9.17) is 18.9 Å². The lowest BCUT2D eigenvalue weighted by molar-refractivity contribution is 0.324. The summed E-state index contributed by atoms with van der Waals surface area (Å²) in [5.74, 6) is 2.13. The van der Waals surface area contributed by atoms with E-state index in [0.29, 0.717) is 34.0 Å². The molecule has 0 spiro atoms. The van der Waals surface area contributed by atoms with Gasteiger partial charge in [-0.1, -0.05) is 0 Å². The van der Waals surface area contributed by atoms with E-state index >= 15 is 0 Å². The van der Waals surface area contributed by atoms with E-state index in [1.807, 2.05) is 30.3 Å². The van der Waals surface area contributed by atoms with E-state index in [9.17, 15) is 4.79 Å². The minimum atomic E-state index is -0.298. The molecule has 2 heterocycles. The fraction of sp³-hybridized carbons (Fsp3) is 0.182. The Labute approximate surface area is 172 Å². The molecule has 8 nitrogen and oxygen atoms in total. The third kappa shape index (κ3) is 3.22. The number of ether oxygens (including phenoxy) is 4. The van der Waals surface area contributed by atoms with E-state index in [1.54, 1.807) is 30.0 Å². The van der Waals surface area contributed by atoms with Crippen molar-refractivity contribution >= 4 is 11.0 Å². The molecule has 0 amide bonds. The van der Waals surface area contributed by atoms with E-state index in [0.717, 1.165) is 17.0 Å². The maximum absolute atomic E-state index is 12.8. The number of benzene rings is 2. The van der Waals surface area contributed by atoms with Crippen LogP contribution in [-0.4, -0.2) is 43.0 Å². The van der Waals surface area contributed by atoms with Crippen LogP contribution >= 0.6 is 0 Å². The van der Waals surface area contributed by atoms with Gasteiger partial charge >= 0.3 is 5.69 Å². The summed E-state index contributed by atoms with van der Waals surface area (Å²) in [6.45, 7) is 0. The molecule has 4 aromatic rings. The minimum Gasteiger partial charge on any atom is -0.497 e. The number of hydrogen-bond acceptors (Lipinski definition) is 6. The molecule has 0 bridgehead atoms. The second kappa shape index (κ2) is 7.82. The molecule has 2 aromatic carbocycles. The van der Waals surface area contributed by atoms with Crippen LogP contribution < -0.4 is 24.6 Å². The number of rotatable bonds is 6. The summed E-state index contributed by atoms with van der Waals surface area (Å²) in [6.07, 6.45) is 1.64. The predicted molar refractivity (Wildman–Crippen MR) is 113 cm³/mol. The third-order valence-corrected chi connectivity index (χ3v) is 4.86. The SMILES string of the molecule is COc1ccc(-c2cc3c(cn2)[nH]c(=O)n3-c2cc(OC)c(OC)c(OC)c2)cc1. The van der Waals surface area contributed by atoms with Crippen molar-refractivity contribution < 1.29 is 18.9 Å². The van der Waals surface area contributed by atoms with Gasteiger partial charge in [0.05, 0.1) is 57.1 Å². The number of aromatic nitrogens is 3. The Morgan fingerprint density at radius 3 is 2.10 bits per heavy atom. The van der Waals surface area contributed by atoms with Crippen molar-refractivity contribution in [3.8, 4) is 39.9 Å². The van der Waals surface area contributed by atoms with Crippen LogP contribution in [0.1, 0.15) is 0 Å². The largest absolute Gasteiger partial charge is 0.497 e. The fourth-order valence-corrected chi connectivity index (χ4v) is 3.38. The number of H-pyrrole nitrogens is 1. The molecule has 4 rings (SSSR count). The monoisotopic (exact) mass is 407 g/mol. The third-order valence-electron chi connectivity index (χ3n) is 4.86. The van der Waals surface area contributed by atoms with Crippen molar-refractivity contribution in [1.82, 2.24) is 14.5 Å². The zero-order valence-corrected chi connectivity index (χ0v) is 17.1. The van der Waals surface area contributed by atoms with Crippen LogP contribution in [0.3, 0.4) is 0 Å². The zero-order chi connectivity index (χ0) is 21.3. The first-order valence-electron chi connectivity index (χ1n) is 9.15. The highest BCUT2D eigenvalue weighted by Gasteiger charge is 2.17. The summed E-state index contributed by atoms with van der Waals surface area (Å²) in [5, 5.41) is 0. The highest BCUT2D eigenvalue weighted by molar-refractivity contribution is 5.81. The number of aromatic amines is 1. The second-order valence-electron chi connectivity index (χ2n) is 6.46. The molecule has 0 aliphatic carbocycles. The molecule has 0 saturated heterocycles. The van der Waals surface area contributed by atoms with E-state index in [2.05, 4.69) is 9.97 Å². The molecule has 0 unspecified atom stereocenters. The normalized spacial score (nSPS) is 10.8. The Bertz CT molecular complexity index is 1230. The van der Waals surface area contributed by atoms with E-state index in [1.165, 1.54) is 21.3 Å². The first-order valence-corrected chi connectivity index (χ1v) is 9.15. The molecule has 0 atom stereocenters. The maximum atomic E-state index is 12.8. The van der Waals surface area contributed by atoms with Gasteiger partial charge in [0.1, 0.15) is 5.75 Å². The summed E-state index contributed by atoms with van der Waals surface area (Å²) >= 11 is 0. The van der Waals surface area contributed by atoms with Gasteiger partial charge in [-0.25, -0.2) is 4.79 Å². The second-order valence-corrected chi connectivity index (χ2v) is 6.46. The minimum absolute atomic E-state index is 0.298. The molecule has 0 saturated carbocycles. The average Bonchev–Trinajstić information content (AvgIpc) is 3.12. The topological polar surface area (TPSA) is 87.6 Å². The van der Waals surface area contributed by atoms with Gasteiger partial charge in [0.25, 0.3) is 0 Å². The number of methoxy groups -OCH3 is 4. The summed E-state index contributed by atoms with van der Waals surface area (Å²) in [7, 11) is 6.22. The van der Waals surface area contributed by atoms with Crippen LogP contribution in [0.2, 0.25) is 0 Å². The summed E-state index contributed by atoms with van der Waals surface area (Å²) in [6, 6.07) is 12.9. The Kier molecular flexibility index (Phi) is 5.05. The molecular formula is C22H21N3O5. The lowest BCUT2D eigenvalue weighted by atomic mass is 10.1. The number of imidazole rings is 1. The van der Waals surface area contributed by atoms with Gasteiger partial charge in [0, 0.05) is 17.7 Å². The summed E-state index contributed by atoms with van der Waals surface area (Å²) < 4.78 is 23.0. The molecule has 0 aliphatic rings. The molecule has 154 valence electrons. The van der Waals surface area contributed by atoms with Gasteiger partial charge in [-0.3, -0.25) is 9.55 Å². The first kappa shape index (κ1) is 19.4. The Morgan fingerprint density at radius 1 is 0.867 bits per heavy atom. The number of nitrogens with one attached hydrogen (secondary N) is 1. The number of hydrogen-bond donors (Lipinski definition) is 1. The molecule has 1 N–H and O–H groups in total. The Morgan fingerprint density at radius 2 is 1.53 bits per heavy atom. The van der Waals surface area contributed by atoms with Crippen molar-refractivity contribution in [2.75, 3.05) is 28.4 Å². The van der Waals surface area contributed by atoms with Gasteiger partial charge in [0.2, 0.25) is 5.75 Å². The summed E-state index contributed by atoms with van der Waals surface area (Å²) in [4.78, 5) is 20.1. The van der Waals surface area contributed by atoms with Gasteiger partial charge in [-0.15, -0.1) is 0 Å². The van der Waals surface area contributed by atoms with E-state index in [-0.39, 0.29) is 5.69 Å². The zero-order valence-electron chi connectivity index (χ0n) is 17.1. The number of nitrogens with zero attached hydrogens (tertiary/aromatic N) is 2. The van der Waals surface area contributed by atoms with Crippen molar-refractivity contribution in [1.29, 1.82) is 0 Å². The Balaban J connectivity index is 1.91. The quantitative estimate of drug-likeness (QED) is 0.527. The molecule has 0 aliphatic heterocycles. The number of pyridine rings is 1. The van der Waals surface area contributed by atoms with Crippen molar-refractivity contribution in [2.24, 2.45) is 0 Å². The maximum Gasteiger partial charge on any atom is 0.331 e. The molecular weight excluding hydrogens is 386 g/mol. The van der Waals surface area contributed by atoms with Crippen LogP contribution in [0, 0.1) is 0 Å². The molecule has 30 heavy (non-hydrogen) atoms. The smallest absolute Gasteiger partial charge is 0.331 e. The molecule has 0 radical (unpaired) electrons. The van der Waals surface area contributed by atoms with Gasteiger partial charge < -0.3 is 23.9 Å². The van der Waals surface area contributed by atoms with Gasteiger partial charge in [-0.05, 0) is 30.3 Å².